The predicted octanol–water partition coefficient (Wildman–Crippen LogP) is 5.94. The largest absolute Gasteiger partial charge is 0.573 e. The summed E-state index contributed by atoms with van der Waals surface area (Å²) in [4.78, 5) is 20.8. The lowest BCUT2D eigenvalue weighted by atomic mass is 10.1. The van der Waals surface area contributed by atoms with Crippen LogP contribution in [0.25, 0.3) is 17.1 Å². The molecule has 1 aromatic carbocycles. The van der Waals surface area contributed by atoms with Crippen LogP contribution in [0.5, 0.6) is 5.75 Å². The monoisotopic (exact) mass is 482 g/mol. The minimum atomic E-state index is -5.03. The molecule has 0 radical (unpaired) electrons. The van der Waals surface area contributed by atoms with Gasteiger partial charge in [0.25, 0.3) is 5.91 Å². The topological polar surface area (TPSA) is 69.0 Å². The van der Waals surface area contributed by atoms with Crippen molar-refractivity contribution in [2.75, 3.05) is 5.32 Å². The molecule has 0 spiro atoms. The number of carbonyl (C=O) groups is 1. The first-order chi connectivity index (χ1) is 15.2. The van der Waals surface area contributed by atoms with E-state index >= 15 is 0 Å². The number of ether oxygens (including phenoxy) is 1. The van der Waals surface area contributed by atoms with Gasteiger partial charge < -0.3 is 9.30 Å². The molecule has 3 heterocycles. The number of anilines is 1. The van der Waals surface area contributed by atoms with Crippen LogP contribution in [0, 0.1) is 5.82 Å². The molecule has 6 nitrogen and oxygen atoms in total. The Kier molecular flexibility index (Phi) is 5.85. The number of pyridine rings is 1. The quantitative estimate of drug-likeness (QED) is 0.357. The highest BCUT2D eigenvalue weighted by molar-refractivity contribution is 7.14. The number of halogens is 5. The van der Waals surface area contributed by atoms with Gasteiger partial charge in [0.1, 0.15) is 0 Å². The molecular weight excluding hydrogens is 472 g/mol. The van der Waals surface area contributed by atoms with Crippen LogP contribution in [0.4, 0.5) is 22.7 Å². The van der Waals surface area contributed by atoms with Gasteiger partial charge in [0.2, 0.25) is 0 Å². The van der Waals surface area contributed by atoms with E-state index in [2.05, 4.69) is 20.0 Å². The highest BCUT2D eigenvalue weighted by Gasteiger charge is 2.33. The molecular formula is C20H11ClF4N4O2S. The van der Waals surface area contributed by atoms with E-state index in [1.54, 1.807) is 29.1 Å². The molecule has 164 valence electrons. The number of rotatable bonds is 5. The average molecular weight is 483 g/mol. The molecule has 0 fully saturated rings. The summed E-state index contributed by atoms with van der Waals surface area (Å²) in [6.07, 6.45) is -0.201. The predicted molar refractivity (Wildman–Crippen MR) is 111 cm³/mol. The van der Waals surface area contributed by atoms with Crippen molar-refractivity contribution in [3.63, 3.8) is 0 Å². The van der Waals surface area contributed by atoms with E-state index in [1.807, 2.05) is 0 Å². The molecule has 32 heavy (non-hydrogen) atoms. The van der Waals surface area contributed by atoms with E-state index in [0.29, 0.717) is 5.82 Å². The standard InChI is InChI=1S/C20H11ClF4N4O2S/c21-13-8-11(9-26-17(13)29-6-1-2-7-29)18(30)28-19-27-14(10-32-19)12-4-3-5-15(16(12)22)31-20(23,24)25/h1-10H,(H,27,28,30). The fourth-order valence-corrected chi connectivity index (χ4v) is 3.73. The number of benzene rings is 1. The van der Waals surface area contributed by atoms with Gasteiger partial charge in [-0.05, 0) is 30.3 Å². The second-order valence-electron chi connectivity index (χ2n) is 6.28. The van der Waals surface area contributed by atoms with Crippen LogP contribution in [-0.4, -0.2) is 26.8 Å². The summed E-state index contributed by atoms with van der Waals surface area (Å²) in [7, 11) is 0. The van der Waals surface area contributed by atoms with Gasteiger partial charge >= 0.3 is 6.36 Å². The fraction of sp³-hybridized carbons (Fsp3) is 0.0500. The Labute approximate surface area is 187 Å². The van der Waals surface area contributed by atoms with Crippen molar-refractivity contribution < 1.29 is 27.1 Å². The smallest absolute Gasteiger partial charge is 0.403 e. The highest BCUT2D eigenvalue weighted by atomic mass is 35.5. The summed E-state index contributed by atoms with van der Waals surface area (Å²) >= 11 is 7.19. The highest BCUT2D eigenvalue weighted by Crippen LogP contribution is 2.34. The Morgan fingerprint density at radius 1 is 1.19 bits per heavy atom. The van der Waals surface area contributed by atoms with Crippen LogP contribution in [0.2, 0.25) is 5.02 Å². The Morgan fingerprint density at radius 3 is 2.62 bits per heavy atom. The summed E-state index contributed by atoms with van der Waals surface area (Å²) in [6.45, 7) is 0. The molecule has 1 N–H and O–H groups in total. The van der Waals surface area contributed by atoms with Gasteiger partial charge in [-0.2, -0.15) is 0 Å². The average Bonchev–Trinajstić information content (AvgIpc) is 3.41. The summed E-state index contributed by atoms with van der Waals surface area (Å²) in [6, 6.07) is 8.35. The maximum atomic E-state index is 14.5. The van der Waals surface area contributed by atoms with Crippen molar-refractivity contribution >= 4 is 34.0 Å². The van der Waals surface area contributed by atoms with E-state index in [1.165, 1.54) is 29.8 Å². The molecule has 4 rings (SSSR count). The molecule has 0 atom stereocenters. The zero-order chi connectivity index (χ0) is 22.9. The number of thiazole rings is 1. The molecule has 1 amide bonds. The number of amides is 1. The molecule has 0 aliphatic rings. The van der Waals surface area contributed by atoms with Crippen LogP contribution in [0.1, 0.15) is 10.4 Å². The Bertz CT molecular complexity index is 1280. The molecule has 0 saturated carbocycles. The first kappa shape index (κ1) is 21.8. The number of carbonyl (C=O) groups excluding carboxylic acids is 1. The van der Waals surface area contributed by atoms with Gasteiger partial charge in [0, 0.05) is 29.5 Å². The van der Waals surface area contributed by atoms with Crippen molar-refractivity contribution in [2.45, 2.75) is 6.36 Å². The summed E-state index contributed by atoms with van der Waals surface area (Å²) in [5.74, 6) is -2.31. The Balaban J connectivity index is 1.52. The molecule has 0 saturated heterocycles. The van der Waals surface area contributed by atoms with Crippen molar-refractivity contribution in [2.24, 2.45) is 0 Å². The summed E-state index contributed by atoms with van der Waals surface area (Å²) in [5, 5.41) is 4.28. The second-order valence-corrected chi connectivity index (χ2v) is 7.54. The molecule has 12 heteroatoms. The Hall–Kier alpha value is -3.44. The van der Waals surface area contributed by atoms with Crippen LogP contribution in [0.3, 0.4) is 0 Å². The SMILES string of the molecule is O=C(Nc1nc(-c2cccc(OC(F)(F)F)c2F)cs1)c1cnc(-n2cccc2)c(Cl)c1. The van der Waals surface area contributed by atoms with Gasteiger partial charge in [-0.1, -0.05) is 17.7 Å². The van der Waals surface area contributed by atoms with E-state index in [9.17, 15) is 22.4 Å². The van der Waals surface area contributed by atoms with E-state index < -0.39 is 23.8 Å². The van der Waals surface area contributed by atoms with Crippen LogP contribution >= 0.6 is 22.9 Å². The van der Waals surface area contributed by atoms with Gasteiger partial charge in [-0.25, -0.2) is 14.4 Å². The minimum Gasteiger partial charge on any atom is -0.403 e. The molecule has 3 aromatic heterocycles. The first-order valence-corrected chi connectivity index (χ1v) is 10.1. The van der Waals surface area contributed by atoms with Crippen LogP contribution < -0.4 is 10.1 Å². The van der Waals surface area contributed by atoms with Gasteiger partial charge in [-0.15, -0.1) is 24.5 Å². The van der Waals surface area contributed by atoms with Gasteiger partial charge in [-0.3, -0.25) is 10.1 Å². The first-order valence-electron chi connectivity index (χ1n) is 8.81. The number of hydrogen-bond donors (Lipinski definition) is 1. The lowest BCUT2D eigenvalue weighted by molar-refractivity contribution is -0.275. The number of aromatic nitrogens is 3. The summed E-state index contributed by atoms with van der Waals surface area (Å²) in [5.41, 5.74) is -0.00626. The third kappa shape index (κ3) is 4.73. The van der Waals surface area contributed by atoms with Crippen molar-refractivity contribution in [1.29, 1.82) is 0 Å². The lowest BCUT2D eigenvalue weighted by Crippen LogP contribution is -2.18. The van der Waals surface area contributed by atoms with E-state index in [4.69, 9.17) is 11.6 Å². The molecule has 4 aromatic rings. The van der Waals surface area contributed by atoms with Crippen molar-refractivity contribution in [3.8, 4) is 22.8 Å². The van der Waals surface area contributed by atoms with Gasteiger partial charge in [0.15, 0.2) is 22.5 Å². The van der Waals surface area contributed by atoms with Crippen LogP contribution in [0.15, 0.2) is 60.4 Å². The van der Waals surface area contributed by atoms with Gasteiger partial charge in [0.05, 0.1) is 16.3 Å². The second kappa shape index (κ2) is 8.60. The van der Waals surface area contributed by atoms with Crippen molar-refractivity contribution in [1.82, 2.24) is 14.5 Å². The normalized spacial score (nSPS) is 11.4. The maximum Gasteiger partial charge on any atom is 0.573 e. The minimum absolute atomic E-state index is 0.0366. The molecule has 0 bridgehead atoms. The fourth-order valence-electron chi connectivity index (χ4n) is 2.76. The number of nitrogens with one attached hydrogen (secondary N) is 1. The van der Waals surface area contributed by atoms with Crippen LogP contribution in [-0.2, 0) is 0 Å². The Morgan fingerprint density at radius 2 is 1.94 bits per heavy atom. The maximum absolute atomic E-state index is 14.5. The summed E-state index contributed by atoms with van der Waals surface area (Å²) < 4.78 is 57.1. The van der Waals surface area contributed by atoms with E-state index in [-0.39, 0.29) is 27.0 Å². The van der Waals surface area contributed by atoms with Crippen molar-refractivity contribution in [3.05, 3.63) is 76.8 Å². The third-order valence-electron chi connectivity index (χ3n) is 4.12. The number of alkyl halides is 3. The third-order valence-corrected chi connectivity index (χ3v) is 5.16. The number of nitrogens with zero attached hydrogens (tertiary/aromatic N) is 3. The molecule has 0 aliphatic carbocycles. The number of hydrogen-bond acceptors (Lipinski definition) is 5. The van der Waals surface area contributed by atoms with E-state index in [0.717, 1.165) is 17.4 Å². The zero-order valence-corrected chi connectivity index (χ0v) is 17.3. The lowest BCUT2D eigenvalue weighted by Gasteiger charge is -2.11. The zero-order valence-electron chi connectivity index (χ0n) is 15.7. The molecule has 0 aliphatic heterocycles. The molecule has 0 unspecified atom stereocenters.